The fourth-order valence-corrected chi connectivity index (χ4v) is 5.62. The van der Waals surface area contributed by atoms with Gasteiger partial charge >= 0.3 is 0 Å². The number of allylic oxidation sites excluding steroid dienone is 6. The summed E-state index contributed by atoms with van der Waals surface area (Å²) < 4.78 is 0. The van der Waals surface area contributed by atoms with Gasteiger partial charge in [0, 0.05) is 12.6 Å². The molecule has 2 fully saturated rings. The van der Waals surface area contributed by atoms with E-state index in [1.165, 1.54) is 4.90 Å². The molecule has 6 heteroatoms. The summed E-state index contributed by atoms with van der Waals surface area (Å²) in [6, 6.07) is 7.70. The number of hydrogen-bond donors (Lipinski definition) is 2. The van der Waals surface area contributed by atoms with Crippen molar-refractivity contribution in [1.82, 2.24) is 10.9 Å². The third-order valence-electron chi connectivity index (χ3n) is 7.14. The van der Waals surface area contributed by atoms with Gasteiger partial charge in [-0.3, -0.25) is 24.7 Å². The fraction of sp³-hybridized carbons (Fsp3) is 0.393. The summed E-state index contributed by atoms with van der Waals surface area (Å²) in [5, 5.41) is 0. The van der Waals surface area contributed by atoms with Gasteiger partial charge < -0.3 is 0 Å². The molecule has 1 aromatic carbocycles. The van der Waals surface area contributed by atoms with Crippen molar-refractivity contribution < 1.29 is 14.4 Å². The van der Waals surface area contributed by atoms with Crippen LogP contribution in [0.5, 0.6) is 0 Å². The van der Waals surface area contributed by atoms with Crippen LogP contribution >= 0.6 is 0 Å². The van der Waals surface area contributed by atoms with E-state index in [0.29, 0.717) is 24.1 Å². The van der Waals surface area contributed by atoms with E-state index in [1.807, 2.05) is 55.5 Å². The zero-order valence-corrected chi connectivity index (χ0v) is 20.1. The normalized spacial score (nSPS) is 26.5. The number of anilines is 1. The molecule has 4 unspecified atom stereocenters. The molecule has 6 nitrogen and oxygen atoms in total. The summed E-state index contributed by atoms with van der Waals surface area (Å²) in [4.78, 5) is 40.5. The Morgan fingerprint density at radius 2 is 1.97 bits per heavy atom. The molecule has 1 saturated carbocycles. The number of carbonyl (C=O) groups excluding carboxylic acids is 3. The van der Waals surface area contributed by atoms with E-state index in [1.54, 1.807) is 7.05 Å². The van der Waals surface area contributed by atoms with Crippen LogP contribution in [0.15, 0.2) is 71.9 Å². The summed E-state index contributed by atoms with van der Waals surface area (Å²) >= 11 is 0. The van der Waals surface area contributed by atoms with Gasteiger partial charge in [0.05, 0.1) is 17.5 Å². The number of aryl methyl sites for hydroxylation is 1. The second-order valence-electron chi connectivity index (χ2n) is 9.31. The van der Waals surface area contributed by atoms with E-state index in [9.17, 15) is 14.4 Å². The maximum atomic E-state index is 13.4. The van der Waals surface area contributed by atoms with Gasteiger partial charge in [0.2, 0.25) is 11.8 Å². The molecular weight excluding hydrogens is 426 g/mol. The van der Waals surface area contributed by atoms with Gasteiger partial charge in [0.25, 0.3) is 5.91 Å². The Morgan fingerprint density at radius 3 is 2.74 bits per heavy atom. The fourth-order valence-electron chi connectivity index (χ4n) is 5.62. The first-order valence-corrected chi connectivity index (χ1v) is 12.1. The van der Waals surface area contributed by atoms with E-state index in [0.717, 1.165) is 24.0 Å². The van der Waals surface area contributed by atoms with Crippen molar-refractivity contribution in [3.63, 3.8) is 0 Å². The molecule has 3 amide bonds. The van der Waals surface area contributed by atoms with Crippen LogP contribution in [0.4, 0.5) is 5.69 Å². The molecule has 34 heavy (non-hydrogen) atoms. The van der Waals surface area contributed by atoms with Crippen LogP contribution in [0.1, 0.15) is 38.7 Å². The quantitative estimate of drug-likeness (QED) is 0.367. The molecule has 2 N–H and O–H groups in total. The van der Waals surface area contributed by atoms with Crippen LogP contribution in [0.3, 0.4) is 0 Å². The molecule has 2 aliphatic carbocycles. The minimum Gasteiger partial charge on any atom is -0.288 e. The lowest BCUT2D eigenvalue weighted by Gasteiger charge is -2.19. The first kappa shape index (κ1) is 23.9. The van der Waals surface area contributed by atoms with Gasteiger partial charge in [0.15, 0.2) is 0 Å². The zero-order chi connectivity index (χ0) is 24.2. The summed E-state index contributed by atoms with van der Waals surface area (Å²) in [5.41, 5.74) is 8.63. The largest absolute Gasteiger partial charge is 0.288 e. The van der Waals surface area contributed by atoms with E-state index < -0.39 is 0 Å². The lowest BCUT2D eigenvalue weighted by atomic mass is 9.90. The first-order chi connectivity index (χ1) is 16.5. The summed E-state index contributed by atoms with van der Waals surface area (Å²) in [6.07, 6.45) is 14.9. The number of nitrogens with one attached hydrogen (secondary N) is 2. The molecule has 1 saturated heterocycles. The summed E-state index contributed by atoms with van der Waals surface area (Å²) in [7, 11) is 1.66. The van der Waals surface area contributed by atoms with Gasteiger partial charge in [-0.2, -0.15) is 0 Å². The molecule has 3 aliphatic rings. The third-order valence-corrected chi connectivity index (χ3v) is 7.14. The van der Waals surface area contributed by atoms with Crippen molar-refractivity contribution in [2.24, 2.45) is 23.7 Å². The predicted molar refractivity (Wildman–Crippen MR) is 133 cm³/mol. The second-order valence-corrected chi connectivity index (χ2v) is 9.31. The highest BCUT2D eigenvalue weighted by molar-refractivity contribution is 6.22. The van der Waals surface area contributed by atoms with E-state index in [-0.39, 0.29) is 41.4 Å². The molecule has 1 aliphatic heterocycles. The number of imide groups is 1. The van der Waals surface area contributed by atoms with Gasteiger partial charge in [-0.25, -0.2) is 5.43 Å². The molecule has 0 aromatic heterocycles. The monoisotopic (exact) mass is 459 g/mol. The number of fused-ring (bicyclic) bond motifs is 1. The molecule has 0 bridgehead atoms. The Labute approximate surface area is 201 Å². The third kappa shape index (κ3) is 4.55. The lowest BCUT2D eigenvalue weighted by Crippen LogP contribution is -2.35. The van der Waals surface area contributed by atoms with E-state index in [2.05, 4.69) is 29.9 Å². The van der Waals surface area contributed by atoms with Gasteiger partial charge in [0.1, 0.15) is 0 Å². The first-order valence-electron chi connectivity index (χ1n) is 12.1. The average Bonchev–Trinajstić information content (AvgIpc) is 3.15. The number of nitrogens with zero attached hydrogens (tertiary/aromatic N) is 1. The van der Waals surface area contributed by atoms with Crippen molar-refractivity contribution in [1.29, 1.82) is 0 Å². The zero-order valence-electron chi connectivity index (χ0n) is 20.1. The number of amides is 3. The molecule has 178 valence electrons. The summed E-state index contributed by atoms with van der Waals surface area (Å²) in [5.74, 6) is -0.494. The number of carbonyl (C=O) groups is 3. The van der Waals surface area contributed by atoms with Crippen molar-refractivity contribution >= 4 is 23.4 Å². The van der Waals surface area contributed by atoms with Gasteiger partial charge in [-0.1, -0.05) is 49.4 Å². The molecule has 1 heterocycles. The smallest absolute Gasteiger partial charge is 0.265 e. The van der Waals surface area contributed by atoms with Gasteiger partial charge in [-0.05, 0) is 73.8 Å². The highest BCUT2D eigenvalue weighted by Crippen LogP contribution is 2.49. The van der Waals surface area contributed by atoms with Crippen molar-refractivity contribution in [2.75, 3.05) is 11.9 Å². The lowest BCUT2D eigenvalue weighted by molar-refractivity contribution is -0.123. The number of hydrogen-bond acceptors (Lipinski definition) is 4. The van der Waals surface area contributed by atoms with Crippen LogP contribution in [0.2, 0.25) is 0 Å². The summed E-state index contributed by atoms with van der Waals surface area (Å²) in [6.45, 7) is 4.04. The molecule has 0 spiro atoms. The van der Waals surface area contributed by atoms with Crippen LogP contribution in [0, 0.1) is 23.7 Å². The van der Waals surface area contributed by atoms with E-state index >= 15 is 0 Å². The Bertz CT molecular complexity index is 1100. The standard InChI is InChI=1S/C28H33N3O3/c1-4-9-21-16-18(2)24-25(21)28(34)31(27(24)33)22-12-8-10-19(17-22)14-15-20-11-6-5-7-13-23(20)26(32)30-29-3/h4-5,7-13,17-18,21,24-25,29H,6,14-16H2,1-3H3,(H,30,32)/b9-4+. The topological polar surface area (TPSA) is 78.5 Å². The molecule has 1 aromatic rings. The van der Waals surface area contributed by atoms with E-state index in [4.69, 9.17) is 0 Å². The highest BCUT2D eigenvalue weighted by atomic mass is 16.2. The number of rotatable bonds is 7. The Kier molecular flexibility index (Phi) is 7.27. The highest BCUT2D eigenvalue weighted by Gasteiger charge is 2.56. The number of hydrazine groups is 1. The molecular formula is C28H33N3O3. The van der Waals surface area contributed by atoms with Crippen molar-refractivity contribution in [2.45, 2.75) is 39.5 Å². The van der Waals surface area contributed by atoms with Crippen molar-refractivity contribution in [3.8, 4) is 0 Å². The Morgan fingerprint density at radius 1 is 1.18 bits per heavy atom. The number of benzene rings is 1. The predicted octanol–water partition coefficient (Wildman–Crippen LogP) is 4.02. The Hall–Kier alpha value is -3.25. The Balaban J connectivity index is 1.52. The minimum atomic E-state index is -0.260. The average molecular weight is 460 g/mol. The van der Waals surface area contributed by atoms with Crippen LogP contribution in [0.25, 0.3) is 0 Å². The molecule has 0 radical (unpaired) electrons. The van der Waals surface area contributed by atoms with Crippen LogP contribution in [-0.2, 0) is 20.8 Å². The van der Waals surface area contributed by atoms with Gasteiger partial charge in [-0.15, -0.1) is 0 Å². The maximum Gasteiger partial charge on any atom is 0.265 e. The minimum absolute atomic E-state index is 0.0711. The molecule has 4 rings (SSSR count). The van der Waals surface area contributed by atoms with Crippen LogP contribution in [-0.4, -0.2) is 24.8 Å². The SMILES string of the molecule is C/C=C/C1CC(C)C2C(=O)N(c3cccc(CCC4=CCC=CC=C4C(=O)NNC)c3)C(=O)C12. The molecule has 4 atom stereocenters. The maximum absolute atomic E-state index is 13.4. The van der Waals surface area contributed by atoms with Crippen molar-refractivity contribution in [3.05, 3.63) is 77.4 Å². The van der Waals surface area contributed by atoms with Crippen LogP contribution < -0.4 is 15.8 Å². The second kappa shape index (κ2) is 10.3.